The van der Waals surface area contributed by atoms with E-state index in [2.05, 4.69) is 0 Å². The van der Waals surface area contributed by atoms with Crippen LogP contribution in [0.15, 0.2) is 5.16 Å². The van der Waals surface area contributed by atoms with E-state index < -0.39 is 34.6 Å². The Kier molecular flexibility index (Phi) is 2.60. The minimum Gasteiger partial charge on any atom is -0.410 e. The Bertz CT molecular complexity index is 394. The maximum Gasteiger partial charge on any atom is 0.292 e. The van der Waals surface area contributed by atoms with Crippen molar-refractivity contribution >= 4 is 11.5 Å². The summed E-state index contributed by atoms with van der Waals surface area (Å²) in [6, 6.07) is 0. The summed E-state index contributed by atoms with van der Waals surface area (Å²) in [5.41, 5.74) is -1.91. The van der Waals surface area contributed by atoms with Crippen molar-refractivity contribution in [3.63, 3.8) is 0 Å². The van der Waals surface area contributed by atoms with Crippen LogP contribution in [0.5, 0.6) is 0 Å². The van der Waals surface area contributed by atoms with Crippen molar-refractivity contribution in [3.05, 3.63) is 0 Å². The van der Waals surface area contributed by atoms with Crippen LogP contribution in [-0.2, 0) is 4.79 Å². The smallest absolute Gasteiger partial charge is 0.292 e. The van der Waals surface area contributed by atoms with Crippen LogP contribution in [0.4, 0.5) is 0 Å². The predicted molar refractivity (Wildman–Crippen MR) is 42.9 cm³/mol. The summed E-state index contributed by atoms with van der Waals surface area (Å²) in [6.45, 7) is 0. The molecule has 9 N–H and O–H groups in total. The van der Waals surface area contributed by atoms with Crippen LogP contribution >= 0.6 is 0 Å². The molecule has 1 fully saturated rings. The zero-order chi connectivity index (χ0) is 13.9. The first-order valence-corrected chi connectivity index (χ1v) is 3.92. The van der Waals surface area contributed by atoms with Gasteiger partial charge in [-0.3, -0.25) is 4.79 Å². The third-order valence-corrected chi connectivity index (χ3v) is 2.42. The van der Waals surface area contributed by atoms with Crippen molar-refractivity contribution in [2.75, 3.05) is 0 Å². The molecule has 0 heterocycles. The Morgan fingerprint density at radius 3 is 1.47 bits per heavy atom. The van der Waals surface area contributed by atoms with Gasteiger partial charge in [-0.25, -0.2) is 0 Å². The molecular weight excluding hydrogens is 246 g/mol. The highest BCUT2D eigenvalue weighted by Crippen LogP contribution is 2.41. The largest absolute Gasteiger partial charge is 0.410 e. The number of carbonyl (C=O) groups is 1. The molecule has 0 bridgehead atoms. The highest BCUT2D eigenvalue weighted by molar-refractivity contribution is 6.45. The minimum atomic E-state index is -4.46. The summed E-state index contributed by atoms with van der Waals surface area (Å²) < 4.78 is 0. The van der Waals surface area contributed by atoms with Gasteiger partial charge in [-0.2, -0.15) is 0 Å². The molecule has 11 nitrogen and oxygen atoms in total. The molecule has 0 unspecified atom stereocenters. The zero-order valence-corrected chi connectivity index (χ0v) is 7.88. The highest BCUT2D eigenvalue weighted by atomic mass is 16.7. The molecule has 0 spiro atoms. The summed E-state index contributed by atoms with van der Waals surface area (Å²) in [7, 11) is 0. The lowest BCUT2D eigenvalue weighted by molar-refractivity contribution is -0.488. The van der Waals surface area contributed by atoms with Gasteiger partial charge in [-0.15, -0.1) is 0 Å². The van der Waals surface area contributed by atoms with Gasteiger partial charge >= 0.3 is 0 Å². The third-order valence-electron chi connectivity index (χ3n) is 2.42. The first-order valence-electron chi connectivity index (χ1n) is 3.92. The molecule has 0 amide bonds. The molecule has 0 aromatic heterocycles. The Morgan fingerprint density at radius 1 is 0.765 bits per heavy atom. The van der Waals surface area contributed by atoms with E-state index in [1.165, 1.54) is 0 Å². The van der Waals surface area contributed by atoms with Crippen LogP contribution in [0, 0.1) is 0 Å². The number of oxime groups is 1. The zero-order valence-electron chi connectivity index (χ0n) is 7.88. The highest BCUT2D eigenvalue weighted by Gasteiger charge is 2.80. The maximum atomic E-state index is 11.1. The first kappa shape index (κ1) is 13.9. The molecule has 98 valence electrons. The molecule has 0 aliphatic heterocycles. The number of nitrogens with zero attached hydrogens (tertiary/aromatic N) is 1. The average molecular weight is 255 g/mol. The molecule has 0 atom stereocenters. The van der Waals surface area contributed by atoms with Gasteiger partial charge in [0.2, 0.25) is 0 Å². The second-order valence-corrected chi connectivity index (χ2v) is 3.47. The van der Waals surface area contributed by atoms with Gasteiger partial charge in [0.25, 0.3) is 28.9 Å². The van der Waals surface area contributed by atoms with Crippen LogP contribution < -0.4 is 0 Å². The van der Waals surface area contributed by atoms with E-state index in [1.54, 1.807) is 0 Å². The molecule has 1 aliphatic rings. The molecule has 1 rings (SSSR count). The molecule has 0 aromatic carbocycles. The van der Waals surface area contributed by atoms with E-state index in [9.17, 15) is 4.79 Å². The predicted octanol–water partition coefficient (Wildman–Crippen LogP) is -5.88. The quantitative estimate of drug-likeness (QED) is 0.113. The number of hydrogen-bond acceptors (Lipinski definition) is 11. The molecule has 17 heavy (non-hydrogen) atoms. The summed E-state index contributed by atoms with van der Waals surface area (Å²) in [5, 5.41) is 82.6. The molecule has 0 radical (unpaired) electrons. The van der Waals surface area contributed by atoms with Crippen molar-refractivity contribution in [1.29, 1.82) is 0 Å². The Morgan fingerprint density at radius 2 is 1.12 bits per heavy atom. The van der Waals surface area contributed by atoms with Gasteiger partial charge in [0, 0.05) is 0 Å². The maximum absolute atomic E-state index is 11.1. The fourth-order valence-electron chi connectivity index (χ4n) is 1.25. The van der Waals surface area contributed by atoms with Crippen LogP contribution in [0.3, 0.4) is 0 Å². The second kappa shape index (κ2) is 3.18. The van der Waals surface area contributed by atoms with Gasteiger partial charge in [-0.05, 0) is 0 Å². The van der Waals surface area contributed by atoms with Crippen molar-refractivity contribution in [2.45, 2.75) is 23.1 Å². The lowest BCUT2D eigenvalue weighted by atomic mass is 9.76. The van der Waals surface area contributed by atoms with E-state index >= 15 is 0 Å². The fourth-order valence-corrected chi connectivity index (χ4v) is 1.25. The van der Waals surface area contributed by atoms with Crippen molar-refractivity contribution in [3.8, 4) is 0 Å². The summed E-state index contributed by atoms with van der Waals surface area (Å²) >= 11 is 0. The van der Waals surface area contributed by atoms with E-state index in [0.717, 1.165) is 0 Å². The number of rotatable bonds is 0. The van der Waals surface area contributed by atoms with E-state index in [4.69, 9.17) is 46.1 Å². The Labute approximate surface area is 91.7 Å². The van der Waals surface area contributed by atoms with E-state index in [1.807, 2.05) is 5.16 Å². The number of Topliss-reactive ketones (excluding diaryl/α,β-unsaturated/α-hetero) is 1. The summed E-state index contributed by atoms with van der Waals surface area (Å²) in [5.74, 6) is -19.5. The monoisotopic (exact) mass is 255 g/mol. The van der Waals surface area contributed by atoms with Crippen molar-refractivity contribution in [2.24, 2.45) is 5.16 Å². The normalized spacial score (nSPS) is 31.5. The SMILES string of the molecule is O=C1C(=NO)C(O)(O)C(O)(O)C(O)(O)C1(O)O. The lowest BCUT2D eigenvalue weighted by Gasteiger charge is -2.50. The average Bonchev–Trinajstić information content (AvgIpc) is 2.15. The van der Waals surface area contributed by atoms with Crippen molar-refractivity contribution in [1.82, 2.24) is 0 Å². The lowest BCUT2D eigenvalue weighted by Crippen LogP contribution is -2.85. The number of ketones is 1. The molecule has 1 saturated carbocycles. The Balaban J connectivity index is 3.62. The van der Waals surface area contributed by atoms with Crippen LogP contribution in [-0.4, -0.2) is 80.7 Å². The third kappa shape index (κ3) is 1.27. The van der Waals surface area contributed by atoms with Gasteiger partial charge in [0.05, 0.1) is 0 Å². The fraction of sp³-hybridized carbons (Fsp3) is 0.667. The van der Waals surface area contributed by atoms with Gasteiger partial charge in [0.1, 0.15) is 0 Å². The number of hydrogen-bond donors (Lipinski definition) is 9. The molecule has 11 heteroatoms. The van der Waals surface area contributed by atoms with E-state index in [-0.39, 0.29) is 0 Å². The number of aliphatic hydroxyl groups is 8. The van der Waals surface area contributed by atoms with Crippen molar-refractivity contribution < 1.29 is 50.9 Å². The van der Waals surface area contributed by atoms with Crippen LogP contribution in [0.2, 0.25) is 0 Å². The first-order chi connectivity index (χ1) is 7.35. The molecular formula is C6H9NO10. The van der Waals surface area contributed by atoms with Crippen LogP contribution in [0.25, 0.3) is 0 Å². The Hall–Kier alpha value is -1.18. The molecule has 0 aromatic rings. The topological polar surface area (TPSA) is 211 Å². The summed E-state index contributed by atoms with van der Waals surface area (Å²) in [4.78, 5) is 11.1. The van der Waals surface area contributed by atoms with Crippen LogP contribution in [0.1, 0.15) is 0 Å². The minimum absolute atomic E-state index is 1.91. The molecule has 1 aliphatic carbocycles. The standard InChI is InChI=1S/C6H9NO10/c8-2-1(7-17)3(9,10)5(13,14)6(15,16)4(2,11)12/h9-17H. The van der Waals surface area contributed by atoms with Gasteiger partial charge in [-0.1, -0.05) is 5.16 Å². The second-order valence-electron chi connectivity index (χ2n) is 3.47. The van der Waals surface area contributed by atoms with Gasteiger partial charge < -0.3 is 46.1 Å². The summed E-state index contributed by atoms with van der Waals surface area (Å²) in [6.07, 6.45) is 0. The molecule has 0 saturated heterocycles. The van der Waals surface area contributed by atoms with Gasteiger partial charge in [0.15, 0.2) is 5.71 Å². The number of carbonyl (C=O) groups excluding carboxylic acids is 1. The van der Waals surface area contributed by atoms with E-state index in [0.29, 0.717) is 0 Å².